The monoisotopic (exact) mass is 204 g/mol. The van der Waals surface area contributed by atoms with Gasteiger partial charge in [-0.15, -0.1) is 0 Å². The van der Waals surface area contributed by atoms with E-state index in [9.17, 15) is 4.79 Å². The molecule has 0 bridgehead atoms. The Morgan fingerprint density at radius 3 is 2.27 bits per heavy atom. The van der Waals surface area contributed by atoms with Gasteiger partial charge in [-0.1, -0.05) is 17.7 Å². The predicted molar refractivity (Wildman–Crippen MR) is 59.0 cm³/mol. The first-order valence-corrected chi connectivity index (χ1v) is 5.34. The van der Waals surface area contributed by atoms with Crippen LogP contribution in [0.25, 0.3) is 0 Å². The third kappa shape index (κ3) is 1.76. The number of hydrogen-bond donors (Lipinski definition) is 0. The van der Waals surface area contributed by atoms with Gasteiger partial charge in [0.15, 0.2) is 0 Å². The van der Waals surface area contributed by atoms with E-state index in [4.69, 9.17) is 4.74 Å². The highest BCUT2D eigenvalue weighted by Gasteiger charge is 2.30. The first-order chi connectivity index (χ1) is 7.09. The van der Waals surface area contributed by atoms with Crippen LogP contribution in [0.2, 0.25) is 0 Å². The van der Waals surface area contributed by atoms with Crippen molar-refractivity contribution in [3.63, 3.8) is 0 Å². The number of esters is 1. The minimum Gasteiger partial charge on any atom is -0.465 e. The molecule has 0 aromatic heterocycles. The average molecular weight is 204 g/mol. The quantitative estimate of drug-likeness (QED) is 0.657. The maximum absolute atomic E-state index is 11.5. The summed E-state index contributed by atoms with van der Waals surface area (Å²) in [5.41, 5.74) is 4.83. The molecule has 0 spiro atoms. The summed E-state index contributed by atoms with van der Waals surface area (Å²) < 4.78 is 5.02. The molecule has 2 rings (SSSR count). The lowest BCUT2D eigenvalue weighted by Crippen LogP contribution is -2.09. The number of hydrogen-bond acceptors (Lipinski definition) is 2. The van der Waals surface area contributed by atoms with Crippen LogP contribution in [-0.4, -0.2) is 12.6 Å². The van der Waals surface area contributed by atoms with E-state index < -0.39 is 0 Å². The minimum atomic E-state index is -0.0648. The second-order valence-corrected chi connectivity index (χ2v) is 4.32. The van der Waals surface area contributed by atoms with Crippen LogP contribution in [0.1, 0.15) is 34.6 Å². The molecule has 0 amide bonds. The number of carbonyl (C=O) groups excluding carboxylic acids is 1. The van der Waals surface area contributed by atoms with Crippen molar-refractivity contribution < 1.29 is 9.53 Å². The van der Waals surface area contributed by atoms with Crippen molar-refractivity contribution in [2.45, 2.75) is 33.1 Å². The van der Waals surface area contributed by atoms with E-state index in [1.54, 1.807) is 0 Å². The molecule has 80 valence electrons. The summed E-state index contributed by atoms with van der Waals surface area (Å²) in [4.78, 5) is 11.5. The third-order valence-electron chi connectivity index (χ3n) is 3.02. The van der Waals surface area contributed by atoms with Gasteiger partial charge in [-0.2, -0.15) is 0 Å². The van der Waals surface area contributed by atoms with Crippen LogP contribution in [0.3, 0.4) is 0 Å². The Hall–Kier alpha value is -1.31. The summed E-state index contributed by atoms with van der Waals surface area (Å²) >= 11 is 0. The van der Waals surface area contributed by atoms with Crippen molar-refractivity contribution in [1.82, 2.24) is 0 Å². The number of carbonyl (C=O) groups is 1. The molecule has 1 aromatic rings. The van der Waals surface area contributed by atoms with Crippen molar-refractivity contribution in [3.05, 3.63) is 34.4 Å². The van der Waals surface area contributed by atoms with Crippen LogP contribution in [0.15, 0.2) is 12.1 Å². The molecular formula is C13H16O2. The van der Waals surface area contributed by atoms with Gasteiger partial charge in [-0.05, 0) is 43.9 Å². The Bertz CT molecular complexity index is 384. The molecule has 1 saturated heterocycles. The molecule has 15 heavy (non-hydrogen) atoms. The fraction of sp³-hybridized carbons (Fsp3) is 0.462. The molecule has 1 aliphatic heterocycles. The Morgan fingerprint density at radius 2 is 1.80 bits per heavy atom. The molecule has 1 heterocycles. The Morgan fingerprint density at radius 1 is 1.20 bits per heavy atom. The van der Waals surface area contributed by atoms with Crippen molar-refractivity contribution in [2.75, 3.05) is 6.61 Å². The maximum atomic E-state index is 11.5. The number of benzene rings is 1. The molecule has 1 aromatic carbocycles. The van der Waals surface area contributed by atoms with Crippen LogP contribution in [0, 0.1) is 20.8 Å². The predicted octanol–water partition coefficient (Wildman–Crippen LogP) is 2.64. The standard InChI is InChI=1S/C13H16O2/c1-8-6-9(2)12(10(3)7-8)11-4-5-15-13(11)14/h6-7,11H,4-5H2,1-3H3/t11-/m0/s1. The van der Waals surface area contributed by atoms with Gasteiger partial charge in [0, 0.05) is 0 Å². The summed E-state index contributed by atoms with van der Waals surface area (Å²) in [6.07, 6.45) is 0.823. The maximum Gasteiger partial charge on any atom is 0.313 e. The second kappa shape index (κ2) is 3.69. The molecule has 0 unspecified atom stereocenters. The summed E-state index contributed by atoms with van der Waals surface area (Å²) in [7, 11) is 0. The molecule has 0 aliphatic carbocycles. The highest BCUT2D eigenvalue weighted by Crippen LogP contribution is 2.32. The number of aryl methyl sites for hydroxylation is 3. The third-order valence-corrected chi connectivity index (χ3v) is 3.02. The zero-order valence-corrected chi connectivity index (χ0v) is 9.46. The van der Waals surface area contributed by atoms with Gasteiger partial charge >= 0.3 is 5.97 Å². The molecule has 0 N–H and O–H groups in total. The fourth-order valence-corrected chi connectivity index (χ4v) is 2.50. The van der Waals surface area contributed by atoms with Crippen molar-refractivity contribution in [1.29, 1.82) is 0 Å². The van der Waals surface area contributed by atoms with Gasteiger partial charge in [0.2, 0.25) is 0 Å². The van der Waals surface area contributed by atoms with Crippen molar-refractivity contribution in [3.8, 4) is 0 Å². The van der Waals surface area contributed by atoms with Crippen molar-refractivity contribution >= 4 is 5.97 Å². The lowest BCUT2D eigenvalue weighted by molar-refractivity contribution is -0.139. The number of rotatable bonds is 1. The summed E-state index contributed by atoms with van der Waals surface area (Å²) in [6.45, 7) is 6.79. The highest BCUT2D eigenvalue weighted by atomic mass is 16.5. The molecule has 0 saturated carbocycles. The van der Waals surface area contributed by atoms with Crippen molar-refractivity contribution in [2.24, 2.45) is 0 Å². The average Bonchev–Trinajstić information content (AvgIpc) is 2.50. The van der Waals surface area contributed by atoms with Crippen LogP contribution in [0.4, 0.5) is 0 Å². The summed E-state index contributed by atoms with van der Waals surface area (Å²) in [5.74, 6) is -0.101. The van der Waals surface area contributed by atoms with E-state index in [2.05, 4.69) is 32.9 Å². The molecule has 2 heteroatoms. The van der Waals surface area contributed by atoms with Gasteiger partial charge < -0.3 is 4.74 Å². The Labute approximate surface area is 90.3 Å². The van der Waals surface area contributed by atoms with Crippen LogP contribution in [-0.2, 0) is 9.53 Å². The zero-order valence-electron chi connectivity index (χ0n) is 9.46. The SMILES string of the molecule is Cc1cc(C)c([C@@H]2CCOC2=O)c(C)c1. The molecule has 1 aliphatic rings. The second-order valence-electron chi connectivity index (χ2n) is 4.32. The molecule has 1 atom stereocenters. The molecule has 1 fully saturated rings. The van der Waals surface area contributed by atoms with Gasteiger partial charge in [0.25, 0.3) is 0 Å². The minimum absolute atomic E-state index is 0.0365. The van der Waals surface area contributed by atoms with Crippen LogP contribution >= 0.6 is 0 Å². The van der Waals surface area contributed by atoms with Crippen LogP contribution in [0.5, 0.6) is 0 Å². The largest absolute Gasteiger partial charge is 0.465 e. The smallest absolute Gasteiger partial charge is 0.313 e. The first-order valence-electron chi connectivity index (χ1n) is 5.34. The molecule has 0 radical (unpaired) electrons. The fourth-order valence-electron chi connectivity index (χ4n) is 2.50. The Balaban J connectivity index is 2.47. The molecule has 2 nitrogen and oxygen atoms in total. The molecular weight excluding hydrogens is 188 g/mol. The van der Waals surface area contributed by atoms with E-state index in [0.717, 1.165) is 6.42 Å². The number of ether oxygens (including phenoxy) is 1. The summed E-state index contributed by atoms with van der Waals surface area (Å²) in [6, 6.07) is 4.27. The lowest BCUT2D eigenvalue weighted by Gasteiger charge is -2.14. The van der Waals surface area contributed by atoms with E-state index in [-0.39, 0.29) is 11.9 Å². The van der Waals surface area contributed by atoms with Gasteiger partial charge in [-0.25, -0.2) is 0 Å². The van der Waals surface area contributed by atoms with E-state index in [0.29, 0.717) is 6.61 Å². The first kappa shape index (κ1) is 10.2. The van der Waals surface area contributed by atoms with E-state index in [1.807, 2.05) is 0 Å². The van der Waals surface area contributed by atoms with Gasteiger partial charge in [-0.3, -0.25) is 4.79 Å². The van der Waals surface area contributed by atoms with Gasteiger partial charge in [0.1, 0.15) is 0 Å². The topological polar surface area (TPSA) is 26.3 Å². The van der Waals surface area contributed by atoms with E-state index >= 15 is 0 Å². The van der Waals surface area contributed by atoms with Crippen LogP contribution < -0.4 is 0 Å². The zero-order chi connectivity index (χ0) is 11.0. The van der Waals surface area contributed by atoms with E-state index in [1.165, 1.54) is 22.3 Å². The normalized spacial score (nSPS) is 20.5. The highest BCUT2D eigenvalue weighted by molar-refractivity contribution is 5.80. The number of cyclic esters (lactones) is 1. The van der Waals surface area contributed by atoms with Gasteiger partial charge in [0.05, 0.1) is 12.5 Å². The Kier molecular flexibility index (Phi) is 2.51. The summed E-state index contributed by atoms with van der Waals surface area (Å²) in [5, 5.41) is 0. The lowest BCUT2D eigenvalue weighted by atomic mass is 9.88.